The van der Waals surface area contributed by atoms with E-state index in [-0.39, 0.29) is 0 Å². The van der Waals surface area contributed by atoms with Crippen molar-refractivity contribution in [2.24, 2.45) is 0 Å². The van der Waals surface area contributed by atoms with E-state index in [1.165, 1.54) is 6.33 Å². The number of hydrogen-bond donors (Lipinski definition) is 1. The molecule has 2 aromatic heterocycles. The minimum Gasteiger partial charge on any atom is -0.388 e. The lowest BCUT2D eigenvalue weighted by molar-refractivity contribution is 0.177. The minimum atomic E-state index is -0.553. The van der Waals surface area contributed by atoms with Crippen molar-refractivity contribution < 1.29 is 5.11 Å². The van der Waals surface area contributed by atoms with Gasteiger partial charge in [0.1, 0.15) is 11.8 Å². The van der Waals surface area contributed by atoms with Gasteiger partial charge in [-0.25, -0.2) is 15.0 Å². The monoisotopic (exact) mass is 330 g/mol. The Bertz CT molecular complexity index is 981. The largest absolute Gasteiger partial charge is 0.388 e. The normalized spacial score (nSPS) is 12.4. The van der Waals surface area contributed by atoms with Gasteiger partial charge in [-0.05, 0) is 16.7 Å². The topological polar surface area (TPSA) is 63.8 Å². The molecule has 124 valence electrons. The highest BCUT2D eigenvalue weighted by Crippen LogP contribution is 2.23. The highest BCUT2D eigenvalue weighted by molar-refractivity contribution is 5.68. The van der Waals surface area contributed by atoms with Crippen LogP contribution in [0.15, 0.2) is 73.4 Å². The van der Waals surface area contributed by atoms with Crippen LogP contribution in [0.3, 0.4) is 0 Å². The Labute approximate surface area is 145 Å². The van der Waals surface area contributed by atoms with Gasteiger partial charge in [0.05, 0.1) is 25.2 Å². The number of benzene rings is 2. The molecule has 0 amide bonds. The van der Waals surface area contributed by atoms with Gasteiger partial charge in [-0.3, -0.25) is 0 Å². The highest BCUT2D eigenvalue weighted by atomic mass is 16.3. The van der Waals surface area contributed by atoms with Crippen molar-refractivity contribution >= 4 is 11.2 Å². The van der Waals surface area contributed by atoms with Gasteiger partial charge in [-0.1, -0.05) is 54.6 Å². The second-order valence-electron chi connectivity index (χ2n) is 6.01. The number of imidazole rings is 1. The summed E-state index contributed by atoms with van der Waals surface area (Å²) in [5.74, 6) is 0. The van der Waals surface area contributed by atoms with Gasteiger partial charge < -0.3 is 9.67 Å². The minimum absolute atomic E-state index is 0.553. The molecule has 2 aromatic carbocycles. The van der Waals surface area contributed by atoms with Gasteiger partial charge >= 0.3 is 0 Å². The summed E-state index contributed by atoms with van der Waals surface area (Å²) in [6, 6.07) is 18.0. The van der Waals surface area contributed by atoms with Crippen molar-refractivity contribution in [2.75, 3.05) is 0 Å². The fourth-order valence-corrected chi connectivity index (χ4v) is 3.06. The predicted octanol–water partition coefficient (Wildman–Crippen LogP) is 3.15. The van der Waals surface area contributed by atoms with Crippen molar-refractivity contribution in [2.45, 2.75) is 19.1 Å². The molecule has 0 aliphatic heterocycles. The first-order valence-electron chi connectivity index (χ1n) is 8.22. The standard InChI is InChI=1S/C20H18N4O/c25-19(10-15-6-2-1-3-7-15)17-9-5-4-8-16(17)12-24-14-23-18-11-21-13-22-20(18)24/h1-9,11,13-14,19,25H,10,12H2. The maximum Gasteiger partial charge on any atom is 0.163 e. The third-order valence-electron chi connectivity index (χ3n) is 4.31. The molecule has 0 radical (unpaired) electrons. The van der Waals surface area contributed by atoms with Crippen LogP contribution in [0.2, 0.25) is 0 Å². The molecule has 0 aliphatic rings. The van der Waals surface area contributed by atoms with Gasteiger partial charge in [0.15, 0.2) is 5.65 Å². The number of fused-ring (bicyclic) bond motifs is 1. The number of aromatic nitrogens is 4. The Morgan fingerprint density at radius 2 is 1.76 bits per heavy atom. The molecule has 2 heterocycles. The molecule has 0 bridgehead atoms. The Balaban J connectivity index is 1.62. The van der Waals surface area contributed by atoms with Gasteiger partial charge in [0.2, 0.25) is 0 Å². The van der Waals surface area contributed by atoms with E-state index in [1.54, 1.807) is 12.5 Å². The fourth-order valence-electron chi connectivity index (χ4n) is 3.06. The summed E-state index contributed by atoms with van der Waals surface area (Å²) in [5, 5.41) is 10.7. The zero-order chi connectivity index (χ0) is 17.1. The van der Waals surface area contributed by atoms with E-state index in [4.69, 9.17) is 0 Å². The number of nitrogens with zero attached hydrogens (tertiary/aromatic N) is 4. The van der Waals surface area contributed by atoms with Gasteiger partial charge in [0, 0.05) is 6.42 Å². The molecule has 0 aliphatic carbocycles. The van der Waals surface area contributed by atoms with Gasteiger partial charge in [-0.2, -0.15) is 0 Å². The lowest BCUT2D eigenvalue weighted by Gasteiger charge is -2.16. The molecule has 0 saturated carbocycles. The molecule has 1 atom stereocenters. The van der Waals surface area contributed by atoms with Crippen LogP contribution < -0.4 is 0 Å². The van der Waals surface area contributed by atoms with E-state index in [2.05, 4.69) is 15.0 Å². The van der Waals surface area contributed by atoms with Crippen molar-refractivity contribution in [3.63, 3.8) is 0 Å². The molecular weight excluding hydrogens is 312 g/mol. The Morgan fingerprint density at radius 1 is 0.960 bits per heavy atom. The SMILES string of the molecule is OC(Cc1ccccc1)c1ccccc1Cn1cnc2cncnc21. The van der Waals surface area contributed by atoms with Crippen molar-refractivity contribution in [1.29, 1.82) is 0 Å². The molecule has 0 fully saturated rings. The molecule has 25 heavy (non-hydrogen) atoms. The van der Waals surface area contributed by atoms with E-state index in [9.17, 15) is 5.11 Å². The average molecular weight is 330 g/mol. The molecule has 0 spiro atoms. The first kappa shape index (κ1) is 15.5. The lowest BCUT2D eigenvalue weighted by Crippen LogP contribution is -2.08. The van der Waals surface area contributed by atoms with Crippen LogP contribution in [0.25, 0.3) is 11.2 Å². The van der Waals surface area contributed by atoms with E-state index in [0.717, 1.165) is 27.9 Å². The maximum atomic E-state index is 10.7. The Morgan fingerprint density at radius 3 is 2.64 bits per heavy atom. The second-order valence-corrected chi connectivity index (χ2v) is 6.01. The second kappa shape index (κ2) is 6.83. The smallest absolute Gasteiger partial charge is 0.163 e. The molecule has 4 aromatic rings. The third-order valence-corrected chi connectivity index (χ3v) is 4.31. The quantitative estimate of drug-likeness (QED) is 0.610. The predicted molar refractivity (Wildman–Crippen MR) is 96.0 cm³/mol. The third kappa shape index (κ3) is 3.27. The van der Waals surface area contributed by atoms with Crippen LogP contribution in [0.5, 0.6) is 0 Å². The molecule has 1 N–H and O–H groups in total. The number of rotatable bonds is 5. The molecule has 5 nitrogen and oxygen atoms in total. The zero-order valence-electron chi connectivity index (χ0n) is 13.7. The van der Waals surface area contributed by atoms with Crippen LogP contribution in [-0.2, 0) is 13.0 Å². The number of aliphatic hydroxyl groups is 1. The fraction of sp³-hybridized carbons (Fsp3) is 0.150. The number of aliphatic hydroxyl groups excluding tert-OH is 1. The lowest BCUT2D eigenvalue weighted by atomic mass is 9.97. The summed E-state index contributed by atoms with van der Waals surface area (Å²) in [5.41, 5.74) is 4.67. The Hall–Kier alpha value is -3.05. The van der Waals surface area contributed by atoms with Gasteiger partial charge in [0.25, 0.3) is 0 Å². The molecule has 1 unspecified atom stereocenters. The summed E-state index contributed by atoms with van der Waals surface area (Å²) in [6.07, 6.45) is 5.03. The average Bonchev–Trinajstić information content (AvgIpc) is 3.06. The van der Waals surface area contributed by atoms with Crippen LogP contribution in [0.4, 0.5) is 0 Å². The van der Waals surface area contributed by atoms with E-state index in [0.29, 0.717) is 13.0 Å². The maximum absolute atomic E-state index is 10.7. The van der Waals surface area contributed by atoms with Crippen LogP contribution in [0.1, 0.15) is 22.8 Å². The van der Waals surface area contributed by atoms with E-state index < -0.39 is 6.10 Å². The van der Waals surface area contributed by atoms with E-state index >= 15 is 0 Å². The Kier molecular flexibility index (Phi) is 4.23. The van der Waals surface area contributed by atoms with Crippen LogP contribution >= 0.6 is 0 Å². The zero-order valence-corrected chi connectivity index (χ0v) is 13.7. The molecule has 4 rings (SSSR count). The molecule has 0 saturated heterocycles. The van der Waals surface area contributed by atoms with Crippen molar-refractivity contribution in [3.05, 3.63) is 90.1 Å². The van der Waals surface area contributed by atoms with E-state index in [1.807, 2.05) is 59.2 Å². The van der Waals surface area contributed by atoms with Crippen molar-refractivity contribution in [3.8, 4) is 0 Å². The first-order chi connectivity index (χ1) is 12.3. The summed E-state index contributed by atoms with van der Waals surface area (Å²) in [7, 11) is 0. The summed E-state index contributed by atoms with van der Waals surface area (Å²) < 4.78 is 1.98. The highest BCUT2D eigenvalue weighted by Gasteiger charge is 2.14. The summed E-state index contributed by atoms with van der Waals surface area (Å²) in [4.78, 5) is 12.6. The molecular formula is C20H18N4O. The molecule has 5 heteroatoms. The van der Waals surface area contributed by atoms with Crippen LogP contribution in [-0.4, -0.2) is 24.6 Å². The summed E-state index contributed by atoms with van der Waals surface area (Å²) in [6.45, 7) is 0.607. The van der Waals surface area contributed by atoms with Gasteiger partial charge in [-0.15, -0.1) is 0 Å². The van der Waals surface area contributed by atoms with Crippen LogP contribution in [0, 0.1) is 0 Å². The van der Waals surface area contributed by atoms with Crippen molar-refractivity contribution in [1.82, 2.24) is 19.5 Å². The number of hydrogen-bond acceptors (Lipinski definition) is 4. The summed E-state index contributed by atoms with van der Waals surface area (Å²) >= 11 is 0. The first-order valence-corrected chi connectivity index (χ1v) is 8.22.